The Morgan fingerprint density at radius 3 is 2.75 bits per heavy atom. The topological polar surface area (TPSA) is 45.0 Å². The Morgan fingerprint density at radius 2 is 2.00 bits per heavy atom. The van der Waals surface area contributed by atoms with Crippen molar-refractivity contribution in [3.63, 3.8) is 0 Å². The van der Waals surface area contributed by atoms with E-state index in [0.29, 0.717) is 18.0 Å². The molecule has 0 aliphatic carbocycles. The van der Waals surface area contributed by atoms with Crippen LogP contribution in [0.5, 0.6) is 0 Å². The molecular weight excluding hydrogens is 252 g/mol. The fraction of sp³-hybridized carbons (Fsp3) is 0.938. The van der Waals surface area contributed by atoms with Crippen LogP contribution in [-0.2, 0) is 4.79 Å². The van der Waals surface area contributed by atoms with Crippen molar-refractivity contribution in [2.45, 2.75) is 57.0 Å². The number of piperidine rings is 3. The largest absolute Gasteiger partial charge is 0.481 e. The van der Waals surface area contributed by atoms with Gasteiger partial charge in [-0.25, -0.2) is 0 Å². The molecule has 0 aromatic rings. The molecule has 4 nitrogen and oxygen atoms in total. The van der Waals surface area contributed by atoms with Crippen LogP contribution in [0.3, 0.4) is 0 Å². The molecule has 4 heteroatoms. The van der Waals surface area contributed by atoms with Gasteiger partial charge in [0.05, 0.1) is 25.6 Å². The van der Waals surface area contributed by atoms with Gasteiger partial charge in [0.25, 0.3) is 0 Å². The van der Waals surface area contributed by atoms with Crippen molar-refractivity contribution in [1.82, 2.24) is 4.90 Å². The summed E-state index contributed by atoms with van der Waals surface area (Å²) in [5.74, 6) is -0.0883. The first-order valence-corrected chi connectivity index (χ1v) is 8.46. The molecule has 114 valence electrons. The van der Waals surface area contributed by atoms with E-state index in [-0.39, 0.29) is 5.92 Å². The van der Waals surface area contributed by atoms with E-state index in [1.165, 1.54) is 38.6 Å². The van der Waals surface area contributed by atoms with Gasteiger partial charge in [-0.1, -0.05) is 6.42 Å². The fourth-order valence-electron chi connectivity index (χ4n) is 4.95. The lowest BCUT2D eigenvalue weighted by molar-refractivity contribution is -0.915. The molecule has 3 saturated heterocycles. The van der Waals surface area contributed by atoms with Crippen LogP contribution in [-0.4, -0.2) is 54.7 Å². The van der Waals surface area contributed by atoms with Crippen molar-refractivity contribution < 1.29 is 14.8 Å². The summed E-state index contributed by atoms with van der Waals surface area (Å²) >= 11 is 0. The van der Waals surface area contributed by atoms with Crippen LogP contribution in [0.2, 0.25) is 0 Å². The summed E-state index contributed by atoms with van der Waals surface area (Å²) in [5, 5.41) is 9.63. The zero-order valence-electron chi connectivity index (χ0n) is 12.7. The van der Waals surface area contributed by atoms with Crippen molar-refractivity contribution in [3.8, 4) is 0 Å². The van der Waals surface area contributed by atoms with Gasteiger partial charge in [-0.2, -0.15) is 0 Å². The van der Waals surface area contributed by atoms with E-state index in [2.05, 4.69) is 11.9 Å². The third kappa shape index (κ3) is 2.73. The van der Waals surface area contributed by atoms with Gasteiger partial charge in [0.15, 0.2) is 0 Å². The second-order valence-corrected chi connectivity index (χ2v) is 7.20. The monoisotopic (exact) mass is 281 g/mol. The average Bonchev–Trinajstić information content (AvgIpc) is 2.46. The van der Waals surface area contributed by atoms with Crippen molar-refractivity contribution in [1.29, 1.82) is 0 Å². The number of hydrogen-bond donors (Lipinski definition) is 2. The van der Waals surface area contributed by atoms with Gasteiger partial charge < -0.3 is 10.0 Å². The molecule has 20 heavy (non-hydrogen) atoms. The fourth-order valence-corrected chi connectivity index (χ4v) is 4.95. The third-order valence-electron chi connectivity index (χ3n) is 6.01. The van der Waals surface area contributed by atoms with Crippen molar-refractivity contribution in [3.05, 3.63) is 0 Å². The molecule has 0 saturated carbocycles. The number of likely N-dealkylation sites (tertiary alicyclic amines) is 1. The number of nitrogens with one attached hydrogen (secondary N) is 1. The van der Waals surface area contributed by atoms with Crippen LogP contribution >= 0.6 is 0 Å². The van der Waals surface area contributed by atoms with Crippen LogP contribution in [0.1, 0.15) is 44.9 Å². The summed E-state index contributed by atoms with van der Waals surface area (Å²) in [7, 11) is 2.31. The number of rotatable bonds is 2. The summed E-state index contributed by atoms with van der Waals surface area (Å²) in [6.07, 6.45) is 8.44. The highest BCUT2D eigenvalue weighted by atomic mass is 16.4. The molecule has 2 N–H and O–H groups in total. The highest BCUT2D eigenvalue weighted by Gasteiger charge is 2.45. The van der Waals surface area contributed by atoms with Gasteiger partial charge in [0.1, 0.15) is 0 Å². The van der Waals surface area contributed by atoms with Gasteiger partial charge >= 0.3 is 5.97 Å². The summed E-state index contributed by atoms with van der Waals surface area (Å²) < 4.78 is 0. The smallest absolute Gasteiger partial charge is 0.308 e. The molecule has 0 amide bonds. The second kappa shape index (κ2) is 6.02. The molecule has 5 unspecified atom stereocenters. The maximum absolute atomic E-state index is 11.7. The minimum atomic E-state index is -0.555. The molecule has 3 aliphatic heterocycles. The van der Waals surface area contributed by atoms with E-state index in [9.17, 15) is 9.90 Å². The van der Waals surface area contributed by atoms with Gasteiger partial charge in [0.2, 0.25) is 0 Å². The van der Waals surface area contributed by atoms with Crippen LogP contribution in [0.15, 0.2) is 0 Å². The first kappa shape index (κ1) is 14.3. The predicted molar refractivity (Wildman–Crippen MR) is 77.8 cm³/mol. The van der Waals surface area contributed by atoms with E-state index in [1.54, 1.807) is 4.90 Å². The Kier molecular flexibility index (Phi) is 4.32. The number of carboxylic acids is 1. The standard InChI is InChI=1S/C16H28N2O2/c1-17-8-4-2-6-14(17)12-10-13(16(19)20)15-7-3-5-9-18(15)11-12/h12-15H,2-11H2,1H3,(H,19,20)/p+1. The maximum atomic E-state index is 11.7. The molecule has 5 atom stereocenters. The van der Waals surface area contributed by atoms with Crippen molar-refractivity contribution >= 4 is 5.97 Å². The minimum absolute atomic E-state index is 0.122. The third-order valence-corrected chi connectivity index (χ3v) is 6.01. The van der Waals surface area contributed by atoms with Crippen LogP contribution in [0.25, 0.3) is 0 Å². The molecular formula is C16H29N2O2+. The molecule has 0 radical (unpaired) electrons. The van der Waals surface area contributed by atoms with Crippen molar-refractivity contribution in [2.75, 3.05) is 26.7 Å². The minimum Gasteiger partial charge on any atom is -0.481 e. The highest BCUT2D eigenvalue weighted by Crippen LogP contribution is 2.35. The van der Waals surface area contributed by atoms with Gasteiger partial charge in [-0.05, 0) is 45.1 Å². The van der Waals surface area contributed by atoms with E-state index in [1.807, 2.05) is 0 Å². The normalized spacial score (nSPS) is 43.0. The first-order chi connectivity index (χ1) is 9.66. The zero-order valence-corrected chi connectivity index (χ0v) is 12.7. The van der Waals surface area contributed by atoms with Crippen LogP contribution in [0.4, 0.5) is 0 Å². The Labute approximate surface area is 122 Å². The molecule has 3 aliphatic rings. The molecule has 0 bridgehead atoms. The SMILES string of the molecule is C[NH+]1CCCCC1C1CC(C(=O)O)C2CCCCN2C1. The lowest BCUT2D eigenvalue weighted by atomic mass is 9.75. The van der Waals surface area contributed by atoms with E-state index in [0.717, 1.165) is 25.9 Å². The van der Waals surface area contributed by atoms with Crippen molar-refractivity contribution in [2.24, 2.45) is 11.8 Å². The summed E-state index contributed by atoms with van der Waals surface area (Å²) in [4.78, 5) is 15.8. The summed E-state index contributed by atoms with van der Waals surface area (Å²) in [5.41, 5.74) is 0. The number of carboxylic acid groups (broad SMARTS) is 1. The number of aliphatic carboxylic acids is 1. The van der Waals surface area contributed by atoms with E-state index in [4.69, 9.17) is 0 Å². The Bertz CT molecular complexity index is 360. The number of nitrogens with zero attached hydrogens (tertiary/aromatic N) is 1. The average molecular weight is 281 g/mol. The van der Waals surface area contributed by atoms with Crippen LogP contribution < -0.4 is 4.90 Å². The predicted octanol–water partition coefficient (Wildman–Crippen LogP) is 0.629. The highest BCUT2D eigenvalue weighted by molar-refractivity contribution is 5.71. The maximum Gasteiger partial charge on any atom is 0.308 e. The van der Waals surface area contributed by atoms with Gasteiger partial charge in [0, 0.05) is 18.5 Å². The number of hydrogen-bond acceptors (Lipinski definition) is 2. The van der Waals surface area contributed by atoms with E-state index >= 15 is 0 Å². The zero-order chi connectivity index (χ0) is 14.1. The van der Waals surface area contributed by atoms with E-state index < -0.39 is 5.97 Å². The summed E-state index contributed by atoms with van der Waals surface area (Å²) in [6.45, 7) is 3.54. The van der Waals surface area contributed by atoms with Gasteiger partial charge in [-0.3, -0.25) is 9.69 Å². The molecule has 0 aromatic heterocycles. The quantitative estimate of drug-likeness (QED) is 0.780. The number of fused-ring (bicyclic) bond motifs is 1. The molecule has 3 rings (SSSR count). The van der Waals surface area contributed by atoms with Crippen LogP contribution in [0, 0.1) is 11.8 Å². The Hall–Kier alpha value is -0.610. The molecule has 3 heterocycles. The first-order valence-electron chi connectivity index (χ1n) is 8.46. The lowest BCUT2D eigenvalue weighted by Crippen LogP contribution is -3.14. The van der Waals surface area contributed by atoms with Gasteiger partial charge in [-0.15, -0.1) is 0 Å². The Morgan fingerprint density at radius 1 is 1.20 bits per heavy atom. The molecule has 3 fully saturated rings. The number of carbonyl (C=O) groups is 1. The molecule has 0 aromatic carbocycles. The second-order valence-electron chi connectivity index (χ2n) is 7.20. The Balaban J connectivity index is 1.74. The lowest BCUT2D eigenvalue weighted by Gasteiger charge is -2.48. The molecule has 0 spiro atoms. The summed E-state index contributed by atoms with van der Waals surface area (Å²) in [6, 6.07) is 1.01. The number of quaternary nitrogens is 1.